The number of nitrogens with one attached hydrogen (secondary N) is 1. The van der Waals surface area contributed by atoms with Crippen LogP contribution in [0.1, 0.15) is 68.5 Å². The lowest BCUT2D eigenvalue weighted by atomic mass is 10.1. The number of hydrogen-bond acceptors (Lipinski definition) is 5. The molecule has 1 N–H and O–H groups in total. The molecule has 2 heterocycles. The summed E-state index contributed by atoms with van der Waals surface area (Å²) >= 11 is 0. The molecule has 0 spiro atoms. The predicted octanol–water partition coefficient (Wildman–Crippen LogP) is 4.76. The van der Waals surface area contributed by atoms with E-state index in [1.807, 2.05) is 0 Å². The molecule has 2 aliphatic rings. The molecule has 8 nitrogen and oxygen atoms in total. The number of anilines is 3. The second kappa shape index (κ2) is 10.5. The summed E-state index contributed by atoms with van der Waals surface area (Å²) in [5.41, 5.74) is -1.62. The summed E-state index contributed by atoms with van der Waals surface area (Å²) in [6.45, 7) is 0. The molecular formula is C35H15F2N3O5. The Morgan fingerprint density at radius 2 is 1.04 bits per heavy atom. The van der Waals surface area contributed by atoms with Gasteiger partial charge in [-0.25, -0.2) is 18.6 Å². The highest BCUT2D eigenvalue weighted by atomic mass is 19.1. The van der Waals surface area contributed by atoms with Crippen LogP contribution in [0.4, 0.5) is 25.8 Å². The summed E-state index contributed by atoms with van der Waals surface area (Å²) in [6, 6.07) is 13.8. The summed E-state index contributed by atoms with van der Waals surface area (Å²) in [7, 11) is 0. The summed E-state index contributed by atoms with van der Waals surface area (Å²) in [4.78, 5) is 68.3. The molecule has 0 unspecified atom stereocenters. The van der Waals surface area contributed by atoms with Gasteiger partial charge in [0.05, 0.1) is 33.6 Å². The number of rotatable bonds is 4. The van der Waals surface area contributed by atoms with Crippen LogP contribution in [0.15, 0.2) is 66.7 Å². The molecule has 214 valence electrons. The molecule has 0 atom stereocenters. The molecule has 0 fully saturated rings. The SMILES string of the molecule is C#Cc1ccc(NC(=O)c2cc(N3C(=O)c4cc(C#C)cc(F)c4C3=O)cc(N3C(=O)c4cc(C#C)cc(F)c4C3=O)c2)cc1. The number of hydrogen-bond donors (Lipinski definition) is 1. The number of nitrogens with zero attached hydrogens (tertiary/aromatic N) is 2. The van der Waals surface area contributed by atoms with Crippen molar-refractivity contribution in [1.29, 1.82) is 0 Å². The zero-order valence-corrected chi connectivity index (χ0v) is 22.8. The molecule has 4 aromatic carbocycles. The lowest BCUT2D eigenvalue weighted by molar-refractivity contribution is 0.0911. The smallest absolute Gasteiger partial charge is 0.269 e. The van der Waals surface area contributed by atoms with Gasteiger partial charge in [0.25, 0.3) is 29.5 Å². The maximum atomic E-state index is 14.9. The van der Waals surface area contributed by atoms with Crippen molar-refractivity contribution in [3.8, 4) is 37.0 Å². The monoisotopic (exact) mass is 595 g/mol. The van der Waals surface area contributed by atoms with E-state index in [0.29, 0.717) is 21.1 Å². The molecule has 4 aromatic rings. The minimum atomic E-state index is -1.07. The van der Waals surface area contributed by atoms with Crippen molar-refractivity contribution >= 4 is 46.6 Å². The quantitative estimate of drug-likeness (QED) is 0.271. The molecular weight excluding hydrogens is 580 g/mol. The number of amides is 5. The third-order valence-corrected chi connectivity index (χ3v) is 7.21. The van der Waals surface area contributed by atoms with Gasteiger partial charge in [0.1, 0.15) is 11.6 Å². The minimum Gasteiger partial charge on any atom is -0.322 e. The number of benzene rings is 4. The van der Waals surface area contributed by atoms with Crippen LogP contribution >= 0.6 is 0 Å². The Hall–Kier alpha value is -6.83. The van der Waals surface area contributed by atoms with Crippen molar-refractivity contribution in [2.24, 2.45) is 0 Å². The molecule has 0 radical (unpaired) electrons. The minimum absolute atomic E-state index is 0.0123. The van der Waals surface area contributed by atoms with Gasteiger partial charge >= 0.3 is 0 Å². The van der Waals surface area contributed by atoms with Gasteiger partial charge in [0, 0.05) is 27.9 Å². The van der Waals surface area contributed by atoms with E-state index in [2.05, 4.69) is 23.1 Å². The van der Waals surface area contributed by atoms with Gasteiger partial charge < -0.3 is 5.32 Å². The zero-order valence-electron chi connectivity index (χ0n) is 22.8. The fraction of sp³-hybridized carbons (Fsp3) is 0. The van der Waals surface area contributed by atoms with E-state index in [1.54, 1.807) is 12.1 Å². The van der Waals surface area contributed by atoms with Crippen molar-refractivity contribution in [3.63, 3.8) is 0 Å². The van der Waals surface area contributed by atoms with Gasteiger partial charge in [-0.15, -0.1) is 19.3 Å². The largest absolute Gasteiger partial charge is 0.322 e. The summed E-state index contributed by atoms with van der Waals surface area (Å²) in [5.74, 6) is -0.0651. The Labute approximate surface area is 254 Å². The van der Waals surface area contributed by atoms with E-state index in [4.69, 9.17) is 19.3 Å². The Morgan fingerprint density at radius 1 is 0.600 bits per heavy atom. The fourth-order valence-corrected chi connectivity index (χ4v) is 5.11. The van der Waals surface area contributed by atoms with Gasteiger partial charge in [-0.1, -0.05) is 17.8 Å². The zero-order chi connectivity index (χ0) is 32.2. The van der Waals surface area contributed by atoms with Gasteiger partial charge in [-0.05, 0) is 66.7 Å². The van der Waals surface area contributed by atoms with Crippen molar-refractivity contribution < 1.29 is 32.8 Å². The molecule has 45 heavy (non-hydrogen) atoms. The van der Waals surface area contributed by atoms with Gasteiger partial charge in [0.2, 0.25) is 0 Å². The van der Waals surface area contributed by atoms with E-state index in [1.165, 1.54) is 24.3 Å². The lowest BCUT2D eigenvalue weighted by Gasteiger charge is -2.20. The summed E-state index contributed by atoms with van der Waals surface area (Å²) < 4.78 is 29.8. The maximum Gasteiger partial charge on any atom is 0.269 e. The van der Waals surface area contributed by atoms with E-state index in [-0.39, 0.29) is 39.2 Å². The van der Waals surface area contributed by atoms with Gasteiger partial charge in [0.15, 0.2) is 0 Å². The van der Waals surface area contributed by atoms with Gasteiger partial charge in [-0.2, -0.15) is 0 Å². The first kappa shape index (κ1) is 28.3. The Balaban J connectivity index is 1.49. The number of carbonyl (C=O) groups is 5. The molecule has 0 saturated carbocycles. The van der Waals surface area contributed by atoms with E-state index < -0.39 is 52.3 Å². The third kappa shape index (κ3) is 4.49. The molecule has 0 aromatic heterocycles. The van der Waals surface area contributed by atoms with Crippen LogP contribution in [0.3, 0.4) is 0 Å². The first-order valence-electron chi connectivity index (χ1n) is 13.0. The molecule has 6 rings (SSSR count). The van der Waals surface area contributed by atoms with Gasteiger partial charge in [-0.3, -0.25) is 24.0 Å². The molecule has 0 bridgehead atoms. The van der Waals surface area contributed by atoms with Crippen LogP contribution in [0, 0.1) is 48.7 Å². The first-order chi connectivity index (χ1) is 21.6. The molecule has 0 aliphatic carbocycles. The molecule has 5 amide bonds. The second-order valence-corrected chi connectivity index (χ2v) is 9.86. The summed E-state index contributed by atoms with van der Waals surface area (Å²) in [6.07, 6.45) is 16.1. The maximum absolute atomic E-state index is 14.9. The number of imide groups is 2. The van der Waals surface area contributed by atoms with Crippen LogP contribution < -0.4 is 15.1 Å². The van der Waals surface area contributed by atoms with Crippen LogP contribution in [-0.4, -0.2) is 29.5 Å². The fourth-order valence-electron chi connectivity index (χ4n) is 5.11. The lowest BCUT2D eigenvalue weighted by Crippen LogP contribution is -2.32. The van der Waals surface area contributed by atoms with Crippen LogP contribution in [-0.2, 0) is 0 Å². The average molecular weight is 596 g/mol. The standard InChI is InChI=1S/C35H15F2N3O5/c1-4-18-7-9-22(10-8-18)38-31(41)21-15-23(39-32(42)25-11-19(5-2)13-27(36)29(25)34(39)44)17-24(16-21)40-33(43)26-12-20(6-3)14-28(37)30(26)35(40)45/h1-3,7-17H,(H,38,41). The number of terminal acetylenes is 3. The predicted molar refractivity (Wildman–Crippen MR) is 160 cm³/mol. The highest BCUT2D eigenvalue weighted by Gasteiger charge is 2.42. The van der Waals surface area contributed by atoms with Crippen LogP contribution in [0.2, 0.25) is 0 Å². The van der Waals surface area contributed by atoms with Crippen LogP contribution in [0.5, 0.6) is 0 Å². The molecule has 2 aliphatic heterocycles. The topological polar surface area (TPSA) is 104 Å². The number of fused-ring (bicyclic) bond motifs is 2. The highest BCUT2D eigenvalue weighted by Crippen LogP contribution is 2.37. The Kier molecular flexibility index (Phi) is 6.58. The average Bonchev–Trinajstić information content (AvgIpc) is 3.44. The van der Waals surface area contributed by atoms with E-state index in [0.717, 1.165) is 30.3 Å². The Morgan fingerprint density at radius 3 is 1.47 bits per heavy atom. The molecule has 10 heteroatoms. The first-order valence-corrected chi connectivity index (χ1v) is 13.0. The normalized spacial score (nSPS) is 13.2. The van der Waals surface area contributed by atoms with E-state index >= 15 is 0 Å². The van der Waals surface area contributed by atoms with Crippen molar-refractivity contribution in [2.45, 2.75) is 0 Å². The number of carbonyl (C=O) groups excluding carboxylic acids is 5. The highest BCUT2D eigenvalue weighted by molar-refractivity contribution is 6.36. The van der Waals surface area contributed by atoms with Crippen molar-refractivity contribution in [2.75, 3.05) is 15.1 Å². The number of halogens is 2. The van der Waals surface area contributed by atoms with Crippen molar-refractivity contribution in [1.82, 2.24) is 0 Å². The molecule has 0 saturated heterocycles. The second-order valence-electron chi connectivity index (χ2n) is 9.86. The van der Waals surface area contributed by atoms with Crippen molar-refractivity contribution in [3.05, 3.63) is 123 Å². The van der Waals surface area contributed by atoms with E-state index in [9.17, 15) is 32.8 Å². The van der Waals surface area contributed by atoms with Crippen LogP contribution in [0.25, 0.3) is 0 Å². The third-order valence-electron chi connectivity index (χ3n) is 7.21. The summed E-state index contributed by atoms with van der Waals surface area (Å²) in [5, 5.41) is 2.62. The Bertz CT molecular complexity index is 2080.